The van der Waals surface area contributed by atoms with E-state index in [0.717, 1.165) is 23.2 Å². The highest BCUT2D eigenvalue weighted by molar-refractivity contribution is 6.09. The summed E-state index contributed by atoms with van der Waals surface area (Å²) in [6.07, 6.45) is 0.819. The minimum Gasteiger partial charge on any atom is -0.476 e. The predicted molar refractivity (Wildman–Crippen MR) is 121 cm³/mol. The highest BCUT2D eigenvalue weighted by atomic mass is 19.1. The Hall–Kier alpha value is -3.67. The number of fused-ring (bicyclic) bond motifs is 2. The number of carbonyl (C=O) groups is 2. The van der Waals surface area contributed by atoms with E-state index < -0.39 is 5.60 Å². The van der Waals surface area contributed by atoms with Crippen LogP contribution in [-0.2, 0) is 17.8 Å². The average molecular weight is 430 g/mol. The molecule has 0 aromatic heterocycles. The first kappa shape index (κ1) is 20.2. The summed E-state index contributed by atoms with van der Waals surface area (Å²) in [5.74, 6) is -0.126. The molecular formula is C26H23FN2O3. The van der Waals surface area contributed by atoms with Crippen LogP contribution in [0.1, 0.15) is 35.3 Å². The lowest BCUT2D eigenvalue weighted by atomic mass is 10.0. The molecule has 0 radical (unpaired) electrons. The van der Waals surface area contributed by atoms with Gasteiger partial charge >= 0.3 is 0 Å². The maximum atomic E-state index is 13.4. The Morgan fingerprint density at radius 3 is 2.56 bits per heavy atom. The molecule has 0 unspecified atom stereocenters. The molecule has 0 bridgehead atoms. The highest BCUT2D eigenvalue weighted by Crippen LogP contribution is 2.40. The molecule has 162 valence electrons. The maximum absolute atomic E-state index is 13.4. The highest BCUT2D eigenvalue weighted by Gasteiger charge is 2.41. The van der Waals surface area contributed by atoms with E-state index in [2.05, 4.69) is 0 Å². The summed E-state index contributed by atoms with van der Waals surface area (Å²) in [6, 6.07) is 19.1. The fourth-order valence-corrected chi connectivity index (χ4v) is 4.34. The van der Waals surface area contributed by atoms with Crippen LogP contribution < -0.4 is 14.5 Å². The number of para-hydroxylation sites is 1. The van der Waals surface area contributed by atoms with E-state index in [1.54, 1.807) is 54.0 Å². The first-order valence-corrected chi connectivity index (χ1v) is 10.6. The van der Waals surface area contributed by atoms with Crippen molar-refractivity contribution in [3.8, 4) is 5.75 Å². The van der Waals surface area contributed by atoms with Gasteiger partial charge in [-0.05, 0) is 67.8 Å². The van der Waals surface area contributed by atoms with Crippen LogP contribution in [0.3, 0.4) is 0 Å². The van der Waals surface area contributed by atoms with Crippen molar-refractivity contribution in [3.63, 3.8) is 0 Å². The number of amides is 2. The fraction of sp³-hybridized carbons (Fsp3) is 0.231. The van der Waals surface area contributed by atoms with Gasteiger partial charge in [0.15, 0.2) is 5.60 Å². The molecule has 2 amide bonds. The summed E-state index contributed by atoms with van der Waals surface area (Å²) in [7, 11) is 0. The zero-order valence-electron chi connectivity index (χ0n) is 18.0. The molecule has 5 nitrogen and oxygen atoms in total. The SMILES string of the molecule is CC1(C)Oc2ccc(C(=O)N3CCc4ccccc43)cc2N(Cc2ccc(F)cc2)C1=O. The van der Waals surface area contributed by atoms with Crippen molar-refractivity contribution in [2.75, 3.05) is 16.3 Å². The molecule has 0 atom stereocenters. The number of benzene rings is 3. The topological polar surface area (TPSA) is 49.9 Å². The number of halogens is 1. The van der Waals surface area contributed by atoms with Gasteiger partial charge in [0.2, 0.25) is 0 Å². The second-order valence-corrected chi connectivity index (χ2v) is 8.65. The lowest BCUT2D eigenvalue weighted by Crippen LogP contribution is -2.52. The Labute approximate surface area is 186 Å². The van der Waals surface area contributed by atoms with Gasteiger partial charge in [-0.25, -0.2) is 4.39 Å². The van der Waals surface area contributed by atoms with Crippen molar-refractivity contribution >= 4 is 23.2 Å². The summed E-state index contributed by atoms with van der Waals surface area (Å²) >= 11 is 0. The van der Waals surface area contributed by atoms with E-state index in [1.807, 2.05) is 24.3 Å². The van der Waals surface area contributed by atoms with Gasteiger partial charge in [-0.1, -0.05) is 30.3 Å². The third kappa shape index (κ3) is 3.42. The van der Waals surface area contributed by atoms with Gasteiger partial charge in [-0.15, -0.1) is 0 Å². The monoisotopic (exact) mass is 430 g/mol. The number of hydrogen-bond donors (Lipinski definition) is 0. The van der Waals surface area contributed by atoms with Crippen molar-refractivity contribution in [1.82, 2.24) is 0 Å². The van der Waals surface area contributed by atoms with Crippen LogP contribution in [0.5, 0.6) is 5.75 Å². The molecule has 3 aromatic rings. The predicted octanol–water partition coefficient (Wildman–Crippen LogP) is 4.73. The number of carbonyl (C=O) groups excluding carboxylic acids is 2. The minimum absolute atomic E-state index is 0.114. The van der Waals surface area contributed by atoms with Crippen LogP contribution in [0, 0.1) is 5.82 Å². The van der Waals surface area contributed by atoms with Gasteiger partial charge in [-0.3, -0.25) is 9.59 Å². The Morgan fingerprint density at radius 2 is 1.78 bits per heavy atom. The zero-order valence-corrected chi connectivity index (χ0v) is 18.0. The summed E-state index contributed by atoms with van der Waals surface area (Å²) in [4.78, 5) is 29.9. The van der Waals surface area contributed by atoms with Crippen molar-refractivity contribution in [1.29, 1.82) is 0 Å². The molecule has 0 fully saturated rings. The minimum atomic E-state index is -1.05. The molecular weight excluding hydrogens is 407 g/mol. The molecule has 32 heavy (non-hydrogen) atoms. The number of rotatable bonds is 3. The smallest absolute Gasteiger partial charge is 0.271 e. The Kier molecular flexibility index (Phi) is 4.73. The maximum Gasteiger partial charge on any atom is 0.271 e. The van der Waals surface area contributed by atoms with E-state index in [-0.39, 0.29) is 24.2 Å². The van der Waals surface area contributed by atoms with Crippen molar-refractivity contribution < 1.29 is 18.7 Å². The number of nitrogens with zero attached hydrogens (tertiary/aromatic N) is 2. The zero-order chi connectivity index (χ0) is 22.5. The summed E-state index contributed by atoms with van der Waals surface area (Å²) in [5, 5.41) is 0. The van der Waals surface area contributed by atoms with Gasteiger partial charge < -0.3 is 14.5 Å². The molecule has 2 aliphatic heterocycles. The standard InChI is InChI=1S/C26H23FN2O3/c1-26(2)25(31)29(16-17-7-10-20(27)11-8-17)22-15-19(9-12-23(22)32-26)24(30)28-14-13-18-5-3-4-6-21(18)28/h3-12,15H,13-14,16H2,1-2H3. The van der Waals surface area contributed by atoms with Gasteiger partial charge in [0, 0.05) is 17.8 Å². The lowest BCUT2D eigenvalue weighted by Gasteiger charge is -2.39. The van der Waals surface area contributed by atoms with E-state index in [1.165, 1.54) is 12.1 Å². The third-order valence-corrected chi connectivity index (χ3v) is 6.01. The summed E-state index contributed by atoms with van der Waals surface area (Å²) in [6.45, 7) is 4.31. The first-order valence-electron chi connectivity index (χ1n) is 10.6. The number of anilines is 2. The number of ether oxygens (including phenoxy) is 1. The Bertz CT molecular complexity index is 1220. The third-order valence-electron chi connectivity index (χ3n) is 6.01. The molecule has 5 rings (SSSR count). The van der Waals surface area contributed by atoms with Crippen molar-refractivity contribution in [3.05, 3.63) is 89.2 Å². The summed E-state index contributed by atoms with van der Waals surface area (Å²) < 4.78 is 19.3. The van der Waals surface area contributed by atoms with Gasteiger partial charge in [0.25, 0.3) is 11.8 Å². The lowest BCUT2D eigenvalue weighted by molar-refractivity contribution is -0.132. The van der Waals surface area contributed by atoms with Crippen LogP contribution in [0.2, 0.25) is 0 Å². The Balaban J connectivity index is 1.52. The van der Waals surface area contributed by atoms with Crippen LogP contribution in [0.15, 0.2) is 66.7 Å². The quantitative estimate of drug-likeness (QED) is 0.604. The molecule has 6 heteroatoms. The van der Waals surface area contributed by atoms with Crippen molar-refractivity contribution in [2.45, 2.75) is 32.4 Å². The van der Waals surface area contributed by atoms with E-state index in [4.69, 9.17) is 4.74 Å². The van der Waals surface area contributed by atoms with Crippen LogP contribution in [0.25, 0.3) is 0 Å². The van der Waals surface area contributed by atoms with Crippen molar-refractivity contribution in [2.24, 2.45) is 0 Å². The van der Waals surface area contributed by atoms with Gasteiger partial charge in [0.05, 0.1) is 12.2 Å². The second kappa shape index (κ2) is 7.48. The molecule has 0 saturated heterocycles. The second-order valence-electron chi connectivity index (χ2n) is 8.65. The molecule has 0 saturated carbocycles. The normalized spacial score (nSPS) is 16.4. The molecule has 3 aromatic carbocycles. The summed E-state index contributed by atoms with van der Waals surface area (Å²) in [5.41, 5.74) is 2.84. The van der Waals surface area contributed by atoms with Gasteiger partial charge in [-0.2, -0.15) is 0 Å². The fourth-order valence-electron chi connectivity index (χ4n) is 4.34. The van der Waals surface area contributed by atoms with E-state index in [9.17, 15) is 14.0 Å². The first-order chi connectivity index (χ1) is 15.3. The van der Waals surface area contributed by atoms with E-state index >= 15 is 0 Å². The molecule has 0 N–H and O–H groups in total. The largest absolute Gasteiger partial charge is 0.476 e. The van der Waals surface area contributed by atoms with Crippen LogP contribution in [-0.4, -0.2) is 24.0 Å². The molecule has 0 spiro atoms. The number of hydrogen-bond acceptors (Lipinski definition) is 3. The molecule has 0 aliphatic carbocycles. The Morgan fingerprint density at radius 1 is 1.03 bits per heavy atom. The van der Waals surface area contributed by atoms with Crippen LogP contribution >= 0.6 is 0 Å². The van der Waals surface area contributed by atoms with Gasteiger partial charge in [0.1, 0.15) is 11.6 Å². The average Bonchev–Trinajstić information content (AvgIpc) is 3.21. The molecule has 2 heterocycles. The van der Waals surface area contributed by atoms with E-state index in [0.29, 0.717) is 23.5 Å². The molecule has 2 aliphatic rings. The van der Waals surface area contributed by atoms with Crippen LogP contribution in [0.4, 0.5) is 15.8 Å².